The highest BCUT2D eigenvalue weighted by Gasteiger charge is 2.23. The minimum absolute atomic E-state index is 0.0183. The van der Waals surface area contributed by atoms with Gasteiger partial charge in [-0.15, -0.1) is 11.3 Å². The molecule has 0 saturated carbocycles. The van der Waals surface area contributed by atoms with Crippen LogP contribution in [0.25, 0.3) is 0 Å². The van der Waals surface area contributed by atoms with Crippen LogP contribution in [0.1, 0.15) is 38.3 Å². The molecule has 0 radical (unpaired) electrons. The van der Waals surface area contributed by atoms with E-state index in [1.165, 1.54) is 6.20 Å². The predicted molar refractivity (Wildman–Crippen MR) is 126 cm³/mol. The maximum absolute atomic E-state index is 13.0. The van der Waals surface area contributed by atoms with Gasteiger partial charge < -0.3 is 19.3 Å². The maximum atomic E-state index is 13.0. The Bertz CT molecular complexity index is 1110. The zero-order chi connectivity index (χ0) is 23.2. The second-order valence-corrected chi connectivity index (χ2v) is 8.64. The summed E-state index contributed by atoms with van der Waals surface area (Å²) in [6.45, 7) is 6.94. The first-order valence-corrected chi connectivity index (χ1v) is 11.7. The molecule has 0 aliphatic carbocycles. The lowest BCUT2D eigenvalue weighted by molar-refractivity contribution is 0.0525. The molecule has 8 nitrogen and oxygen atoms in total. The van der Waals surface area contributed by atoms with Gasteiger partial charge in [0.25, 0.3) is 5.91 Å². The van der Waals surface area contributed by atoms with Crippen molar-refractivity contribution in [3.63, 3.8) is 0 Å². The molecule has 3 heterocycles. The van der Waals surface area contributed by atoms with Crippen molar-refractivity contribution < 1.29 is 19.1 Å². The van der Waals surface area contributed by atoms with Crippen LogP contribution in [0.4, 0.5) is 5.82 Å². The Morgan fingerprint density at radius 2 is 1.91 bits per heavy atom. The number of nitrogens with zero attached hydrogens (tertiary/aromatic N) is 4. The number of hydrogen-bond acceptors (Lipinski definition) is 8. The van der Waals surface area contributed by atoms with Gasteiger partial charge >= 0.3 is 5.97 Å². The molecule has 3 aromatic rings. The van der Waals surface area contributed by atoms with Gasteiger partial charge in [-0.3, -0.25) is 4.79 Å². The zero-order valence-electron chi connectivity index (χ0n) is 18.7. The van der Waals surface area contributed by atoms with Crippen LogP contribution in [-0.4, -0.2) is 59.5 Å². The van der Waals surface area contributed by atoms with E-state index in [1.807, 2.05) is 41.5 Å². The molecule has 9 heteroatoms. The number of esters is 1. The van der Waals surface area contributed by atoms with Gasteiger partial charge in [-0.25, -0.2) is 14.8 Å². The number of amides is 1. The normalized spacial score (nSPS) is 13.6. The van der Waals surface area contributed by atoms with Crippen LogP contribution < -0.4 is 9.64 Å². The van der Waals surface area contributed by atoms with Crippen molar-refractivity contribution in [1.82, 2.24) is 14.9 Å². The number of pyridine rings is 1. The van der Waals surface area contributed by atoms with Gasteiger partial charge in [0.15, 0.2) is 0 Å². The molecule has 33 heavy (non-hydrogen) atoms. The second kappa shape index (κ2) is 10.4. The van der Waals surface area contributed by atoms with Gasteiger partial charge in [0, 0.05) is 43.3 Å². The minimum atomic E-state index is -0.375. The summed E-state index contributed by atoms with van der Waals surface area (Å²) in [4.78, 5) is 37.6. The fourth-order valence-electron chi connectivity index (χ4n) is 3.58. The molecule has 0 bridgehead atoms. The molecular formula is C24H26N4O4S. The molecular weight excluding hydrogens is 440 g/mol. The summed E-state index contributed by atoms with van der Waals surface area (Å²) < 4.78 is 10.8. The van der Waals surface area contributed by atoms with Crippen LogP contribution in [-0.2, 0) is 11.3 Å². The predicted octanol–water partition coefficient (Wildman–Crippen LogP) is 3.56. The topological polar surface area (TPSA) is 84.9 Å². The molecule has 172 valence electrons. The average Bonchev–Trinajstić information content (AvgIpc) is 3.28. The lowest BCUT2D eigenvalue weighted by Gasteiger charge is -2.35. The van der Waals surface area contributed by atoms with E-state index in [-0.39, 0.29) is 11.9 Å². The van der Waals surface area contributed by atoms with Crippen molar-refractivity contribution in [3.8, 4) is 5.75 Å². The smallest absolute Gasteiger partial charge is 0.339 e. The molecule has 1 aliphatic rings. The Balaban J connectivity index is 1.32. The summed E-state index contributed by atoms with van der Waals surface area (Å²) in [5.41, 5.74) is 1.92. The van der Waals surface area contributed by atoms with Gasteiger partial charge in [0.2, 0.25) is 0 Å². The standard InChI is InChI=1S/C24H26N4O4S/c1-3-31-24(30)19-7-8-22(25-14-19)27-9-11-28(12-10-27)23(29)18-5-4-6-21(13-18)32-15-20-16-33-17(2)26-20/h4-8,13-14,16H,3,9-12,15H2,1-2H3. The Hall–Kier alpha value is -3.46. The van der Waals surface area contributed by atoms with Crippen LogP contribution in [0, 0.1) is 6.92 Å². The number of carbonyl (C=O) groups excluding carboxylic acids is 2. The number of piperazine rings is 1. The van der Waals surface area contributed by atoms with Crippen LogP contribution in [0.2, 0.25) is 0 Å². The third-order valence-electron chi connectivity index (χ3n) is 5.28. The van der Waals surface area contributed by atoms with Gasteiger partial charge in [-0.1, -0.05) is 6.07 Å². The van der Waals surface area contributed by atoms with E-state index >= 15 is 0 Å². The van der Waals surface area contributed by atoms with E-state index in [0.717, 1.165) is 16.5 Å². The minimum Gasteiger partial charge on any atom is -0.487 e. The molecule has 1 saturated heterocycles. The van der Waals surface area contributed by atoms with Crippen molar-refractivity contribution in [3.05, 3.63) is 69.8 Å². The van der Waals surface area contributed by atoms with E-state index in [1.54, 1.807) is 30.4 Å². The Morgan fingerprint density at radius 1 is 1.09 bits per heavy atom. The molecule has 0 atom stereocenters. The van der Waals surface area contributed by atoms with Crippen LogP contribution in [0.5, 0.6) is 5.75 Å². The third-order valence-corrected chi connectivity index (χ3v) is 6.11. The van der Waals surface area contributed by atoms with Crippen molar-refractivity contribution in [2.24, 2.45) is 0 Å². The van der Waals surface area contributed by atoms with E-state index in [2.05, 4.69) is 14.9 Å². The zero-order valence-corrected chi connectivity index (χ0v) is 19.5. The SMILES string of the molecule is CCOC(=O)c1ccc(N2CCN(C(=O)c3cccc(OCc4csc(C)n4)c3)CC2)nc1. The molecule has 2 aromatic heterocycles. The van der Waals surface area contributed by atoms with Crippen LogP contribution in [0.3, 0.4) is 0 Å². The summed E-state index contributed by atoms with van der Waals surface area (Å²) in [5, 5.41) is 2.98. The number of aryl methyl sites for hydroxylation is 1. The largest absolute Gasteiger partial charge is 0.487 e. The molecule has 1 fully saturated rings. The molecule has 0 unspecified atom stereocenters. The third kappa shape index (κ3) is 5.67. The summed E-state index contributed by atoms with van der Waals surface area (Å²) in [7, 11) is 0. The molecule has 0 N–H and O–H groups in total. The maximum Gasteiger partial charge on any atom is 0.339 e. The summed E-state index contributed by atoms with van der Waals surface area (Å²) in [5.74, 6) is 1.04. The van der Waals surface area contributed by atoms with Gasteiger partial charge in [-0.2, -0.15) is 0 Å². The summed E-state index contributed by atoms with van der Waals surface area (Å²) >= 11 is 1.59. The summed E-state index contributed by atoms with van der Waals surface area (Å²) in [6, 6.07) is 10.8. The highest BCUT2D eigenvalue weighted by atomic mass is 32.1. The highest BCUT2D eigenvalue weighted by molar-refractivity contribution is 7.09. The quantitative estimate of drug-likeness (QED) is 0.492. The lowest BCUT2D eigenvalue weighted by atomic mass is 10.1. The fraction of sp³-hybridized carbons (Fsp3) is 0.333. The first kappa shape index (κ1) is 22.7. The Morgan fingerprint density at radius 3 is 2.58 bits per heavy atom. The van der Waals surface area contributed by atoms with E-state index in [0.29, 0.717) is 56.3 Å². The number of carbonyl (C=O) groups is 2. The first-order chi connectivity index (χ1) is 16.0. The molecule has 1 amide bonds. The van der Waals surface area contributed by atoms with Crippen molar-refractivity contribution in [2.75, 3.05) is 37.7 Å². The van der Waals surface area contributed by atoms with Crippen LogP contribution >= 0.6 is 11.3 Å². The fourth-order valence-corrected chi connectivity index (χ4v) is 4.18. The van der Waals surface area contributed by atoms with E-state index in [4.69, 9.17) is 9.47 Å². The molecule has 0 spiro atoms. The number of anilines is 1. The van der Waals surface area contributed by atoms with Gasteiger partial charge in [0.1, 0.15) is 18.2 Å². The second-order valence-electron chi connectivity index (χ2n) is 7.58. The van der Waals surface area contributed by atoms with E-state index < -0.39 is 0 Å². The molecule has 1 aliphatic heterocycles. The Kier molecular flexibility index (Phi) is 7.19. The van der Waals surface area contributed by atoms with E-state index in [9.17, 15) is 9.59 Å². The van der Waals surface area contributed by atoms with Gasteiger partial charge in [-0.05, 0) is 44.2 Å². The Labute approximate surface area is 196 Å². The summed E-state index contributed by atoms with van der Waals surface area (Å²) in [6.07, 6.45) is 1.53. The van der Waals surface area contributed by atoms with Gasteiger partial charge in [0.05, 0.1) is 22.9 Å². The highest BCUT2D eigenvalue weighted by Crippen LogP contribution is 2.20. The van der Waals surface area contributed by atoms with Crippen molar-refractivity contribution in [2.45, 2.75) is 20.5 Å². The average molecular weight is 467 g/mol. The van der Waals surface area contributed by atoms with Crippen LogP contribution in [0.15, 0.2) is 48.0 Å². The number of benzene rings is 1. The first-order valence-electron chi connectivity index (χ1n) is 10.8. The van der Waals surface area contributed by atoms with Crippen molar-refractivity contribution in [1.29, 1.82) is 0 Å². The number of hydrogen-bond donors (Lipinski definition) is 0. The number of rotatable bonds is 7. The number of aromatic nitrogens is 2. The molecule has 1 aromatic carbocycles. The lowest BCUT2D eigenvalue weighted by Crippen LogP contribution is -2.49. The number of thiazole rings is 1. The monoisotopic (exact) mass is 466 g/mol. The number of ether oxygens (including phenoxy) is 2. The van der Waals surface area contributed by atoms with Crippen molar-refractivity contribution >= 4 is 29.0 Å². The molecule has 4 rings (SSSR count).